The van der Waals surface area contributed by atoms with Gasteiger partial charge in [0.1, 0.15) is 0 Å². The highest BCUT2D eigenvalue weighted by Crippen LogP contribution is 2.20. The van der Waals surface area contributed by atoms with Crippen molar-refractivity contribution in [3.8, 4) is 0 Å². The quantitative estimate of drug-likeness (QED) is 0.885. The lowest BCUT2D eigenvalue weighted by Gasteiger charge is -2.10. The van der Waals surface area contributed by atoms with E-state index in [1.54, 1.807) is 6.92 Å². The average molecular weight is 278 g/mol. The van der Waals surface area contributed by atoms with Crippen LogP contribution in [-0.2, 0) is 9.84 Å². The summed E-state index contributed by atoms with van der Waals surface area (Å²) in [7, 11) is -2.96. The monoisotopic (exact) mass is 277 g/mol. The molecule has 0 amide bonds. The third kappa shape index (κ3) is 3.81. The van der Waals surface area contributed by atoms with Crippen molar-refractivity contribution in [2.75, 3.05) is 23.4 Å². The minimum atomic E-state index is -2.96. The molecule has 0 aliphatic carbocycles. The summed E-state index contributed by atoms with van der Waals surface area (Å²) in [6.45, 7) is 5.67. The van der Waals surface area contributed by atoms with Crippen molar-refractivity contribution in [2.24, 2.45) is 0 Å². The SMILES string of the molecule is CCS(=O)(=O)CCNc1nnc(Cl)c(C)c1C. The number of nitrogens with one attached hydrogen (secondary N) is 1. The lowest BCUT2D eigenvalue weighted by Crippen LogP contribution is -2.18. The number of nitrogens with zero attached hydrogens (tertiary/aromatic N) is 2. The second kappa shape index (κ2) is 5.64. The molecule has 0 bridgehead atoms. The molecule has 1 rings (SSSR count). The molecule has 0 fully saturated rings. The van der Waals surface area contributed by atoms with Gasteiger partial charge in [-0.3, -0.25) is 0 Å². The number of aromatic nitrogens is 2. The fourth-order valence-electron chi connectivity index (χ4n) is 1.21. The molecular weight excluding hydrogens is 262 g/mol. The summed E-state index contributed by atoms with van der Waals surface area (Å²) in [5.41, 5.74) is 1.74. The molecule has 1 aromatic rings. The first kappa shape index (κ1) is 14.2. The van der Waals surface area contributed by atoms with Crippen LogP contribution in [0.1, 0.15) is 18.1 Å². The predicted molar refractivity (Wildman–Crippen MR) is 69.3 cm³/mol. The van der Waals surface area contributed by atoms with Crippen LogP contribution in [0.15, 0.2) is 0 Å². The largest absolute Gasteiger partial charge is 0.367 e. The van der Waals surface area contributed by atoms with Crippen LogP contribution in [0.4, 0.5) is 5.82 Å². The number of hydrogen-bond acceptors (Lipinski definition) is 5. The van der Waals surface area contributed by atoms with E-state index >= 15 is 0 Å². The smallest absolute Gasteiger partial charge is 0.155 e. The number of sulfone groups is 1. The highest BCUT2D eigenvalue weighted by atomic mass is 35.5. The molecule has 1 N–H and O–H groups in total. The van der Waals surface area contributed by atoms with Gasteiger partial charge in [-0.25, -0.2) is 8.42 Å². The minimum absolute atomic E-state index is 0.0896. The van der Waals surface area contributed by atoms with Crippen molar-refractivity contribution in [3.63, 3.8) is 0 Å². The van der Waals surface area contributed by atoms with E-state index in [2.05, 4.69) is 15.5 Å². The van der Waals surface area contributed by atoms with Crippen LogP contribution in [0.3, 0.4) is 0 Å². The third-order valence-corrected chi connectivity index (χ3v) is 4.68. The first-order valence-electron chi connectivity index (χ1n) is 5.31. The van der Waals surface area contributed by atoms with Crippen LogP contribution in [0.5, 0.6) is 0 Å². The van der Waals surface area contributed by atoms with Gasteiger partial charge >= 0.3 is 0 Å². The first-order valence-corrected chi connectivity index (χ1v) is 7.51. The Bertz CT molecular complexity index is 503. The lowest BCUT2D eigenvalue weighted by atomic mass is 10.2. The van der Waals surface area contributed by atoms with Gasteiger partial charge in [-0.05, 0) is 25.0 Å². The van der Waals surface area contributed by atoms with Crippen LogP contribution in [0.2, 0.25) is 5.15 Å². The molecule has 1 heterocycles. The Morgan fingerprint density at radius 2 is 1.88 bits per heavy atom. The fraction of sp³-hybridized carbons (Fsp3) is 0.600. The number of rotatable bonds is 5. The molecule has 0 aromatic carbocycles. The molecule has 0 radical (unpaired) electrons. The molecule has 0 saturated heterocycles. The van der Waals surface area contributed by atoms with Crippen LogP contribution in [-0.4, -0.2) is 36.7 Å². The zero-order valence-corrected chi connectivity index (χ0v) is 11.7. The number of halogens is 1. The van der Waals surface area contributed by atoms with Crippen LogP contribution >= 0.6 is 11.6 Å². The predicted octanol–water partition coefficient (Wildman–Crippen LogP) is 1.59. The molecule has 0 aliphatic rings. The molecule has 0 aliphatic heterocycles. The molecule has 0 atom stereocenters. The Morgan fingerprint density at radius 1 is 1.24 bits per heavy atom. The van der Waals surface area contributed by atoms with E-state index in [4.69, 9.17) is 11.6 Å². The van der Waals surface area contributed by atoms with Crippen molar-refractivity contribution < 1.29 is 8.42 Å². The molecule has 0 unspecified atom stereocenters. The highest BCUT2D eigenvalue weighted by Gasteiger charge is 2.10. The van der Waals surface area contributed by atoms with E-state index in [1.165, 1.54) is 0 Å². The molecule has 1 aromatic heterocycles. The van der Waals surface area contributed by atoms with E-state index < -0.39 is 9.84 Å². The Balaban J connectivity index is 2.68. The van der Waals surface area contributed by atoms with Gasteiger partial charge in [-0.2, -0.15) is 0 Å². The first-order chi connectivity index (χ1) is 7.87. The van der Waals surface area contributed by atoms with Gasteiger partial charge in [-0.15, -0.1) is 10.2 Å². The molecular formula is C10H16ClN3O2S. The van der Waals surface area contributed by atoms with Gasteiger partial charge in [0, 0.05) is 12.3 Å². The number of anilines is 1. The summed E-state index contributed by atoms with van der Waals surface area (Å²) in [4.78, 5) is 0. The topological polar surface area (TPSA) is 72.0 Å². The minimum Gasteiger partial charge on any atom is -0.367 e. The maximum absolute atomic E-state index is 11.3. The van der Waals surface area contributed by atoms with Crippen molar-refractivity contribution in [2.45, 2.75) is 20.8 Å². The maximum atomic E-state index is 11.3. The van der Waals surface area contributed by atoms with E-state index in [9.17, 15) is 8.42 Å². The van der Waals surface area contributed by atoms with Crippen molar-refractivity contribution in [1.29, 1.82) is 0 Å². The summed E-state index contributed by atoms with van der Waals surface area (Å²) in [5, 5.41) is 11.0. The van der Waals surface area contributed by atoms with E-state index in [1.807, 2.05) is 13.8 Å². The Morgan fingerprint density at radius 3 is 2.47 bits per heavy atom. The third-order valence-electron chi connectivity index (χ3n) is 2.61. The van der Waals surface area contributed by atoms with Gasteiger partial charge < -0.3 is 5.32 Å². The molecule has 0 spiro atoms. The highest BCUT2D eigenvalue weighted by molar-refractivity contribution is 7.91. The van der Waals surface area contributed by atoms with Gasteiger partial charge in [0.2, 0.25) is 0 Å². The standard InChI is InChI=1S/C10H16ClN3O2S/c1-4-17(15,16)6-5-12-10-8(3)7(2)9(11)13-14-10/h4-6H2,1-3H3,(H,12,14). The van der Waals surface area contributed by atoms with Crippen LogP contribution < -0.4 is 5.32 Å². The second-order valence-electron chi connectivity index (χ2n) is 3.75. The van der Waals surface area contributed by atoms with Crippen LogP contribution in [0.25, 0.3) is 0 Å². The Labute approximate surface area is 107 Å². The Hall–Kier alpha value is -0.880. The zero-order chi connectivity index (χ0) is 13.1. The lowest BCUT2D eigenvalue weighted by molar-refractivity contribution is 0.597. The average Bonchev–Trinajstić information content (AvgIpc) is 2.29. The van der Waals surface area contributed by atoms with Crippen molar-refractivity contribution in [3.05, 3.63) is 16.3 Å². The van der Waals surface area contributed by atoms with Crippen LogP contribution in [0, 0.1) is 13.8 Å². The molecule has 96 valence electrons. The van der Waals surface area contributed by atoms with E-state index in [-0.39, 0.29) is 11.5 Å². The Kier molecular flexibility index (Phi) is 4.70. The second-order valence-corrected chi connectivity index (χ2v) is 6.58. The van der Waals surface area contributed by atoms with Gasteiger partial charge in [-0.1, -0.05) is 18.5 Å². The maximum Gasteiger partial charge on any atom is 0.155 e. The molecule has 5 nitrogen and oxygen atoms in total. The normalized spacial score (nSPS) is 11.5. The number of hydrogen-bond donors (Lipinski definition) is 1. The summed E-state index contributed by atoms with van der Waals surface area (Å²) < 4.78 is 22.6. The summed E-state index contributed by atoms with van der Waals surface area (Å²) >= 11 is 5.82. The van der Waals surface area contributed by atoms with E-state index in [0.717, 1.165) is 11.1 Å². The fourth-order valence-corrected chi connectivity index (χ4v) is 2.09. The molecule has 0 saturated carbocycles. The van der Waals surface area contributed by atoms with Gasteiger partial charge in [0.25, 0.3) is 0 Å². The molecule has 7 heteroatoms. The van der Waals surface area contributed by atoms with Gasteiger partial charge in [0.05, 0.1) is 5.75 Å². The zero-order valence-electron chi connectivity index (χ0n) is 10.1. The molecule has 17 heavy (non-hydrogen) atoms. The van der Waals surface area contributed by atoms with Crippen molar-refractivity contribution >= 4 is 27.3 Å². The van der Waals surface area contributed by atoms with Crippen molar-refractivity contribution in [1.82, 2.24) is 10.2 Å². The van der Waals surface area contributed by atoms with Gasteiger partial charge in [0.15, 0.2) is 20.8 Å². The summed E-state index contributed by atoms with van der Waals surface area (Å²) in [6.07, 6.45) is 0. The summed E-state index contributed by atoms with van der Waals surface area (Å²) in [6, 6.07) is 0. The summed E-state index contributed by atoms with van der Waals surface area (Å²) in [5.74, 6) is 0.823. The van der Waals surface area contributed by atoms with E-state index in [0.29, 0.717) is 17.5 Å².